The number of piperazine rings is 1. The first-order valence-corrected chi connectivity index (χ1v) is 6.80. The van der Waals surface area contributed by atoms with Gasteiger partial charge in [0.1, 0.15) is 12.1 Å². The fourth-order valence-corrected chi connectivity index (χ4v) is 2.62. The monoisotopic (exact) mass is 249 g/mol. The van der Waals surface area contributed by atoms with Crippen molar-refractivity contribution in [3.8, 4) is 0 Å². The number of hydrogen-bond donors (Lipinski definition) is 1. The van der Waals surface area contributed by atoms with Gasteiger partial charge in [-0.3, -0.25) is 4.90 Å². The lowest BCUT2D eigenvalue weighted by Crippen LogP contribution is -2.50. The highest BCUT2D eigenvalue weighted by Crippen LogP contribution is 2.15. The lowest BCUT2D eigenvalue weighted by molar-refractivity contribution is 0.173. The number of anilines is 1. The topological polar surface area (TPSA) is 58.3 Å². The van der Waals surface area contributed by atoms with Gasteiger partial charge in [0, 0.05) is 38.4 Å². The number of rotatable bonds is 5. The summed E-state index contributed by atoms with van der Waals surface area (Å²) >= 11 is 0. The molecule has 0 saturated carbocycles. The van der Waals surface area contributed by atoms with Gasteiger partial charge in [-0.1, -0.05) is 6.92 Å². The highest BCUT2D eigenvalue weighted by Gasteiger charge is 2.22. The molecule has 18 heavy (non-hydrogen) atoms. The summed E-state index contributed by atoms with van der Waals surface area (Å²) in [5.74, 6) is 1.04. The number of nitrogens with two attached hydrogens (primary N) is 1. The Morgan fingerprint density at radius 3 is 2.67 bits per heavy atom. The average molecular weight is 249 g/mol. The van der Waals surface area contributed by atoms with Crippen LogP contribution in [-0.2, 0) is 0 Å². The summed E-state index contributed by atoms with van der Waals surface area (Å²) in [6.45, 7) is 7.31. The summed E-state index contributed by atoms with van der Waals surface area (Å²) in [5, 5.41) is 0. The molecular weight excluding hydrogens is 226 g/mol. The van der Waals surface area contributed by atoms with Crippen molar-refractivity contribution in [1.29, 1.82) is 0 Å². The fraction of sp³-hybridized carbons (Fsp3) is 0.692. The zero-order valence-electron chi connectivity index (χ0n) is 11.1. The highest BCUT2D eigenvalue weighted by atomic mass is 15.3. The van der Waals surface area contributed by atoms with E-state index >= 15 is 0 Å². The molecule has 1 aromatic rings. The maximum Gasteiger partial charge on any atom is 0.131 e. The molecule has 1 aliphatic heterocycles. The molecule has 2 heterocycles. The fourth-order valence-electron chi connectivity index (χ4n) is 2.62. The second kappa shape index (κ2) is 6.66. The number of nitrogens with zero attached hydrogens (tertiary/aromatic N) is 4. The molecule has 0 radical (unpaired) electrons. The molecule has 5 heteroatoms. The molecule has 0 bridgehead atoms. The predicted molar refractivity (Wildman–Crippen MR) is 73.6 cm³/mol. The molecule has 100 valence electrons. The molecule has 1 aromatic heterocycles. The summed E-state index contributed by atoms with van der Waals surface area (Å²) in [6.07, 6.45) is 5.71. The average Bonchev–Trinajstić information content (AvgIpc) is 2.46. The van der Waals surface area contributed by atoms with Crippen molar-refractivity contribution in [2.75, 3.05) is 37.6 Å². The Bertz CT molecular complexity index is 334. The molecular formula is C13H23N5. The second-order valence-electron chi connectivity index (χ2n) is 4.73. The van der Waals surface area contributed by atoms with E-state index in [1.165, 1.54) is 6.42 Å². The van der Waals surface area contributed by atoms with Crippen LogP contribution in [0.2, 0.25) is 0 Å². The molecule has 0 aliphatic carbocycles. The Morgan fingerprint density at radius 1 is 1.33 bits per heavy atom. The van der Waals surface area contributed by atoms with Gasteiger partial charge in [0.15, 0.2) is 0 Å². The number of aromatic nitrogens is 2. The van der Waals surface area contributed by atoms with E-state index in [0.717, 1.165) is 45.0 Å². The van der Waals surface area contributed by atoms with Gasteiger partial charge in [0.05, 0.1) is 0 Å². The van der Waals surface area contributed by atoms with Crippen LogP contribution in [0, 0.1) is 0 Å². The van der Waals surface area contributed by atoms with Crippen molar-refractivity contribution in [2.45, 2.75) is 25.8 Å². The zero-order valence-corrected chi connectivity index (χ0v) is 11.1. The Balaban J connectivity index is 1.88. The normalized spacial score (nSPS) is 18.9. The van der Waals surface area contributed by atoms with E-state index in [0.29, 0.717) is 6.04 Å². The van der Waals surface area contributed by atoms with Gasteiger partial charge < -0.3 is 10.6 Å². The third-order valence-electron chi connectivity index (χ3n) is 3.69. The van der Waals surface area contributed by atoms with Crippen molar-refractivity contribution in [3.63, 3.8) is 0 Å². The molecule has 1 aliphatic rings. The van der Waals surface area contributed by atoms with E-state index in [1.54, 1.807) is 12.5 Å². The van der Waals surface area contributed by atoms with Gasteiger partial charge >= 0.3 is 0 Å². The van der Waals surface area contributed by atoms with E-state index in [9.17, 15) is 0 Å². The van der Waals surface area contributed by atoms with E-state index in [4.69, 9.17) is 5.73 Å². The maximum absolute atomic E-state index is 5.68. The van der Waals surface area contributed by atoms with Crippen LogP contribution in [-0.4, -0.2) is 53.6 Å². The maximum atomic E-state index is 5.68. The van der Waals surface area contributed by atoms with Crippen LogP contribution < -0.4 is 10.6 Å². The van der Waals surface area contributed by atoms with Gasteiger partial charge in [-0.15, -0.1) is 0 Å². The van der Waals surface area contributed by atoms with E-state index < -0.39 is 0 Å². The summed E-state index contributed by atoms with van der Waals surface area (Å²) in [7, 11) is 0. The Kier molecular flexibility index (Phi) is 4.90. The van der Waals surface area contributed by atoms with E-state index in [1.807, 2.05) is 6.07 Å². The third kappa shape index (κ3) is 3.17. The van der Waals surface area contributed by atoms with Crippen LogP contribution in [0.15, 0.2) is 18.6 Å². The predicted octanol–water partition coefficient (Wildman–Crippen LogP) is 0.726. The Morgan fingerprint density at radius 2 is 2.11 bits per heavy atom. The molecule has 1 atom stereocenters. The SMILES string of the molecule is CCC(CCN)N1CCN(c2ccncn2)CC1. The molecule has 2 N–H and O–H groups in total. The quantitative estimate of drug-likeness (QED) is 0.833. The van der Waals surface area contributed by atoms with Crippen LogP contribution in [0.1, 0.15) is 19.8 Å². The van der Waals surface area contributed by atoms with Gasteiger partial charge in [-0.05, 0) is 25.5 Å². The van der Waals surface area contributed by atoms with Crippen molar-refractivity contribution < 1.29 is 0 Å². The molecule has 1 fully saturated rings. The molecule has 0 aromatic carbocycles. The summed E-state index contributed by atoms with van der Waals surface area (Å²) in [4.78, 5) is 13.2. The smallest absolute Gasteiger partial charge is 0.131 e. The summed E-state index contributed by atoms with van der Waals surface area (Å²) in [5.41, 5.74) is 5.68. The minimum absolute atomic E-state index is 0.641. The minimum Gasteiger partial charge on any atom is -0.354 e. The van der Waals surface area contributed by atoms with Crippen molar-refractivity contribution in [1.82, 2.24) is 14.9 Å². The molecule has 0 amide bonds. The summed E-state index contributed by atoms with van der Waals surface area (Å²) in [6, 6.07) is 2.62. The van der Waals surface area contributed by atoms with Crippen LogP contribution in [0.5, 0.6) is 0 Å². The molecule has 5 nitrogen and oxygen atoms in total. The standard InChI is InChI=1S/C13H23N5/c1-2-12(3-5-14)17-7-9-18(10-8-17)13-4-6-15-11-16-13/h4,6,11-12H,2-3,5,7-10,14H2,1H3. The van der Waals surface area contributed by atoms with Crippen molar-refractivity contribution >= 4 is 5.82 Å². The lowest BCUT2D eigenvalue weighted by atomic mass is 10.1. The van der Waals surface area contributed by atoms with Crippen LogP contribution >= 0.6 is 0 Å². The molecule has 1 saturated heterocycles. The van der Waals surface area contributed by atoms with Crippen LogP contribution in [0.4, 0.5) is 5.82 Å². The van der Waals surface area contributed by atoms with Crippen LogP contribution in [0.25, 0.3) is 0 Å². The first kappa shape index (κ1) is 13.2. The minimum atomic E-state index is 0.641. The molecule has 0 spiro atoms. The molecule has 1 unspecified atom stereocenters. The molecule has 2 rings (SSSR count). The van der Waals surface area contributed by atoms with Crippen molar-refractivity contribution in [3.05, 3.63) is 18.6 Å². The van der Waals surface area contributed by atoms with Crippen LogP contribution in [0.3, 0.4) is 0 Å². The summed E-state index contributed by atoms with van der Waals surface area (Å²) < 4.78 is 0. The first-order chi connectivity index (χ1) is 8.85. The van der Waals surface area contributed by atoms with Gasteiger partial charge in [0.2, 0.25) is 0 Å². The van der Waals surface area contributed by atoms with Gasteiger partial charge in [-0.2, -0.15) is 0 Å². The van der Waals surface area contributed by atoms with Gasteiger partial charge in [-0.25, -0.2) is 9.97 Å². The van der Waals surface area contributed by atoms with E-state index in [-0.39, 0.29) is 0 Å². The zero-order chi connectivity index (χ0) is 12.8. The highest BCUT2D eigenvalue weighted by molar-refractivity contribution is 5.36. The Hall–Kier alpha value is -1.20. The third-order valence-corrected chi connectivity index (χ3v) is 3.69. The van der Waals surface area contributed by atoms with E-state index in [2.05, 4.69) is 26.7 Å². The number of hydrogen-bond acceptors (Lipinski definition) is 5. The second-order valence-corrected chi connectivity index (χ2v) is 4.73. The largest absolute Gasteiger partial charge is 0.354 e. The first-order valence-electron chi connectivity index (χ1n) is 6.80. The van der Waals surface area contributed by atoms with Crippen molar-refractivity contribution in [2.24, 2.45) is 5.73 Å². The lowest BCUT2D eigenvalue weighted by Gasteiger charge is -2.39. The Labute approximate surface area is 109 Å². The van der Waals surface area contributed by atoms with Gasteiger partial charge in [0.25, 0.3) is 0 Å².